The zero-order valence-corrected chi connectivity index (χ0v) is 10.1. The summed E-state index contributed by atoms with van der Waals surface area (Å²) in [6, 6.07) is 4.45. The van der Waals surface area contributed by atoms with Crippen molar-refractivity contribution in [1.29, 1.82) is 0 Å². The molecule has 0 bridgehead atoms. The van der Waals surface area contributed by atoms with Gasteiger partial charge in [-0.15, -0.1) is 0 Å². The molecule has 98 valence electrons. The number of benzene rings is 1. The molecule has 2 aromatic rings. The molecule has 0 radical (unpaired) electrons. The van der Waals surface area contributed by atoms with Crippen LogP contribution >= 0.6 is 0 Å². The summed E-state index contributed by atoms with van der Waals surface area (Å²) >= 11 is 0. The van der Waals surface area contributed by atoms with Crippen molar-refractivity contribution in [3.05, 3.63) is 47.7 Å². The van der Waals surface area contributed by atoms with Gasteiger partial charge in [0, 0.05) is 0 Å². The number of aromatic nitrogens is 2. The average molecular weight is 261 g/mol. The van der Waals surface area contributed by atoms with Crippen LogP contribution < -0.4 is 16.6 Å². The first-order valence-electron chi connectivity index (χ1n) is 5.46. The lowest BCUT2D eigenvalue weighted by Gasteiger charge is -2.07. The lowest BCUT2D eigenvalue weighted by Crippen LogP contribution is -2.16. The Morgan fingerprint density at radius 3 is 2.74 bits per heavy atom. The number of nitrogens with zero attached hydrogens (tertiary/aromatic N) is 2. The van der Waals surface area contributed by atoms with Gasteiger partial charge in [-0.1, -0.05) is 6.07 Å². The summed E-state index contributed by atoms with van der Waals surface area (Å²) in [6.45, 7) is 1.80. The SMILES string of the molecule is Cc1ccc(F)c(NC(=O)c2cnc(NN)cn2)c1. The number of nitrogen functional groups attached to an aromatic ring is 1. The molecule has 1 aromatic heterocycles. The van der Waals surface area contributed by atoms with Crippen molar-refractivity contribution in [1.82, 2.24) is 9.97 Å². The molecule has 1 aromatic carbocycles. The molecule has 1 heterocycles. The van der Waals surface area contributed by atoms with Crippen LogP contribution in [0.5, 0.6) is 0 Å². The van der Waals surface area contributed by atoms with E-state index in [0.717, 1.165) is 5.56 Å². The van der Waals surface area contributed by atoms with Gasteiger partial charge < -0.3 is 10.7 Å². The van der Waals surface area contributed by atoms with E-state index in [1.54, 1.807) is 13.0 Å². The van der Waals surface area contributed by atoms with E-state index in [1.165, 1.54) is 24.5 Å². The lowest BCUT2D eigenvalue weighted by atomic mass is 10.2. The number of amides is 1. The minimum Gasteiger partial charge on any atom is -0.318 e. The molecule has 2 rings (SSSR count). The van der Waals surface area contributed by atoms with Crippen LogP contribution in [0.2, 0.25) is 0 Å². The van der Waals surface area contributed by atoms with Crippen LogP contribution in [-0.2, 0) is 0 Å². The number of hydrazine groups is 1. The predicted molar refractivity (Wildman–Crippen MR) is 68.9 cm³/mol. The number of hydrogen-bond acceptors (Lipinski definition) is 5. The maximum absolute atomic E-state index is 13.5. The molecule has 19 heavy (non-hydrogen) atoms. The van der Waals surface area contributed by atoms with E-state index < -0.39 is 11.7 Å². The third-order valence-corrected chi connectivity index (χ3v) is 2.40. The number of nitrogens with one attached hydrogen (secondary N) is 2. The van der Waals surface area contributed by atoms with Crippen molar-refractivity contribution >= 4 is 17.4 Å². The van der Waals surface area contributed by atoms with Crippen LogP contribution in [0.15, 0.2) is 30.6 Å². The molecule has 6 nitrogen and oxygen atoms in total. The first kappa shape index (κ1) is 12.9. The van der Waals surface area contributed by atoms with Crippen molar-refractivity contribution < 1.29 is 9.18 Å². The summed E-state index contributed by atoms with van der Waals surface area (Å²) in [5.74, 6) is 4.42. The topological polar surface area (TPSA) is 92.9 Å². The summed E-state index contributed by atoms with van der Waals surface area (Å²) in [4.78, 5) is 19.6. The molecule has 0 saturated heterocycles. The first-order chi connectivity index (χ1) is 9.10. The minimum absolute atomic E-state index is 0.0694. The van der Waals surface area contributed by atoms with E-state index in [9.17, 15) is 9.18 Å². The van der Waals surface area contributed by atoms with Crippen molar-refractivity contribution in [3.63, 3.8) is 0 Å². The highest BCUT2D eigenvalue weighted by molar-refractivity contribution is 6.02. The zero-order valence-electron chi connectivity index (χ0n) is 10.1. The molecule has 0 unspecified atom stereocenters. The fourth-order valence-corrected chi connectivity index (χ4v) is 1.44. The number of carbonyl (C=O) groups excluding carboxylic acids is 1. The number of halogens is 1. The van der Waals surface area contributed by atoms with Crippen LogP contribution in [0, 0.1) is 12.7 Å². The van der Waals surface area contributed by atoms with E-state index in [2.05, 4.69) is 20.7 Å². The van der Waals surface area contributed by atoms with Gasteiger partial charge in [0.2, 0.25) is 0 Å². The molecule has 0 aliphatic heterocycles. The standard InChI is InChI=1S/C12H12FN5O/c1-7-2-3-8(13)9(4-7)17-12(19)10-5-16-11(18-14)6-15-10/h2-6H,14H2,1H3,(H,16,18)(H,17,19). The van der Waals surface area contributed by atoms with Crippen molar-refractivity contribution in [2.45, 2.75) is 6.92 Å². The zero-order chi connectivity index (χ0) is 13.8. The number of nitrogens with two attached hydrogens (primary N) is 1. The highest BCUT2D eigenvalue weighted by Gasteiger charge is 2.11. The predicted octanol–water partition coefficient (Wildman–Crippen LogP) is 1.46. The number of anilines is 2. The molecule has 0 spiro atoms. The summed E-state index contributed by atoms with van der Waals surface area (Å²) in [5, 5.41) is 2.44. The molecule has 7 heteroatoms. The van der Waals surface area contributed by atoms with Crippen molar-refractivity contribution in [3.8, 4) is 0 Å². The smallest absolute Gasteiger partial charge is 0.275 e. The van der Waals surface area contributed by atoms with Crippen LogP contribution in [-0.4, -0.2) is 15.9 Å². The molecule has 1 amide bonds. The largest absolute Gasteiger partial charge is 0.318 e. The molecule has 4 N–H and O–H groups in total. The van der Waals surface area contributed by atoms with Gasteiger partial charge in [-0.05, 0) is 24.6 Å². The summed E-state index contributed by atoms with van der Waals surface area (Å²) in [7, 11) is 0. The van der Waals surface area contributed by atoms with E-state index >= 15 is 0 Å². The van der Waals surface area contributed by atoms with E-state index in [1.807, 2.05) is 0 Å². The highest BCUT2D eigenvalue weighted by Crippen LogP contribution is 2.16. The van der Waals surface area contributed by atoms with Gasteiger partial charge in [0.25, 0.3) is 5.91 Å². The quantitative estimate of drug-likeness (QED) is 0.574. The molecular weight excluding hydrogens is 249 g/mol. The summed E-state index contributed by atoms with van der Waals surface area (Å²) < 4.78 is 13.5. The van der Waals surface area contributed by atoms with Gasteiger partial charge in [-0.2, -0.15) is 0 Å². The van der Waals surface area contributed by atoms with Crippen LogP contribution in [0.25, 0.3) is 0 Å². The molecule has 0 fully saturated rings. The second-order valence-electron chi connectivity index (χ2n) is 3.87. The average Bonchev–Trinajstić information content (AvgIpc) is 2.43. The third kappa shape index (κ3) is 3.02. The van der Waals surface area contributed by atoms with Crippen molar-refractivity contribution in [2.75, 3.05) is 10.7 Å². The summed E-state index contributed by atoms with van der Waals surface area (Å²) in [5.41, 5.74) is 3.31. The molecule has 0 saturated carbocycles. The van der Waals surface area contributed by atoms with Crippen LogP contribution in [0.4, 0.5) is 15.9 Å². The van der Waals surface area contributed by atoms with Gasteiger partial charge in [-0.25, -0.2) is 20.2 Å². The Kier molecular flexibility index (Phi) is 3.67. The Morgan fingerprint density at radius 1 is 1.32 bits per heavy atom. The fraction of sp³-hybridized carbons (Fsp3) is 0.0833. The van der Waals surface area contributed by atoms with E-state index in [4.69, 9.17) is 5.84 Å². The Bertz CT molecular complexity index is 600. The second-order valence-corrected chi connectivity index (χ2v) is 3.87. The van der Waals surface area contributed by atoms with Gasteiger partial charge in [0.1, 0.15) is 11.5 Å². The van der Waals surface area contributed by atoms with E-state index in [-0.39, 0.29) is 11.4 Å². The normalized spacial score (nSPS) is 10.1. The number of rotatable bonds is 3. The van der Waals surface area contributed by atoms with E-state index in [0.29, 0.717) is 5.82 Å². The Labute approximate surface area is 108 Å². The Balaban J connectivity index is 2.18. The number of hydrogen-bond donors (Lipinski definition) is 3. The maximum Gasteiger partial charge on any atom is 0.275 e. The number of aryl methyl sites for hydroxylation is 1. The second kappa shape index (κ2) is 5.40. The van der Waals surface area contributed by atoms with Gasteiger partial charge >= 0.3 is 0 Å². The monoisotopic (exact) mass is 261 g/mol. The van der Waals surface area contributed by atoms with Crippen LogP contribution in [0.1, 0.15) is 16.1 Å². The van der Waals surface area contributed by atoms with Gasteiger partial charge in [-0.3, -0.25) is 4.79 Å². The van der Waals surface area contributed by atoms with Gasteiger partial charge in [0.15, 0.2) is 5.82 Å². The van der Waals surface area contributed by atoms with Crippen molar-refractivity contribution in [2.24, 2.45) is 5.84 Å². The maximum atomic E-state index is 13.5. The molecule has 0 aliphatic rings. The Morgan fingerprint density at radius 2 is 2.11 bits per heavy atom. The van der Waals surface area contributed by atoms with Crippen LogP contribution in [0.3, 0.4) is 0 Å². The third-order valence-electron chi connectivity index (χ3n) is 2.40. The Hall–Kier alpha value is -2.54. The highest BCUT2D eigenvalue weighted by atomic mass is 19.1. The summed E-state index contributed by atoms with van der Waals surface area (Å²) in [6.07, 6.45) is 2.56. The number of carbonyl (C=O) groups is 1. The van der Waals surface area contributed by atoms with Gasteiger partial charge in [0.05, 0.1) is 18.1 Å². The fourth-order valence-electron chi connectivity index (χ4n) is 1.44. The lowest BCUT2D eigenvalue weighted by molar-refractivity contribution is 0.102. The molecule has 0 aliphatic carbocycles. The molecular formula is C12H12FN5O. The first-order valence-corrected chi connectivity index (χ1v) is 5.46. The minimum atomic E-state index is -0.541. The molecule has 0 atom stereocenters.